The lowest BCUT2D eigenvalue weighted by molar-refractivity contribution is -0.139. The van der Waals surface area contributed by atoms with Crippen LogP contribution in [0.15, 0.2) is 65.6 Å². The highest BCUT2D eigenvalue weighted by atomic mass is 35.5. The van der Waals surface area contributed by atoms with Gasteiger partial charge in [-0.3, -0.25) is 13.9 Å². The van der Waals surface area contributed by atoms with Gasteiger partial charge in [-0.25, -0.2) is 8.42 Å². The van der Waals surface area contributed by atoms with Gasteiger partial charge in [0.05, 0.1) is 10.6 Å². The van der Waals surface area contributed by atoms with Crippen molar-refractivity contribution in [3.63, 3.8) is 0 Å². The molecule has 1 N–H and O–H groups in total. The lowest BCUT2D eigenvalue weighted by Gasteiger charge is -2.32. The van der Waals surface area contributed by atoms with Crippen LogP contribution < -0.4 is 9.62 Å². The molecule has 39 heavy (non-hydrogen) atoms. The molecule has 3 rings (SSSR count). The summed E-state index contributed by atoms with van der Waals surface area (Å²) < 4.78 is 28.9. The van der Waals surface area contributed by atoms with E-state index in [1.165, 1.54) is 17.0 Å². The molecule has 0 aromatic heterocycles. The van der Waals surface area contributed by atoms with Gasteiger partial charge in [-0.2, -0.15) is 0 Å². The molecular weight excluding hydrogens is 581 g/mol. The van der Waals surface area contributed by atoms with Crippen molar-refractivity contribution in [3.05, 3.63) is 92.4 Å². The van der Waals surface area contributed by atoms with Gasteiger partial charge in [-0.05, 0) is 81.3 Å². The molecule has 0 heterocycles. The Morgan fingerprint density at radius 2 is 1.54 bits per heavy atom. The van der Waals surface area contributed by atoms with E-state index < -0.39 is 28.5 Å². The number of amides is 2. The van der Waals surface area contributed by atoms with Gasteiger partial charge in [0.1, 0.15) is 12.6 Å². The van der Waals surface area contributed by atoms with Gasteiger partial charge >= 0.3 is 0 Å². The molecule has 3 aromatic rings. The lowest BCUT2D eigenvalue weighted by atomic mass is 10.1. The molecule has 11 heteroatoms. The summed E-state index contributed by atoms with van der Waals surface area (Å²) in [5.74, 6) is -0.976. The predicted octanol–water partition coefficient (Wildman–Crippen LogP) is 6.01. The zero-order valence-corrected chi connectivity index (χ0v) is 25.1. The summed E-state index contributed by atoms with van der Waals surface area (Å²) in [6.45, 7) is 6.68. The second-order valence-corrected chi connectivity index (χ2v) is 12.2. The zero-order valence-electron chi connectivity index (χ0n) is 22.0. The van der Waals surface area contributed by atoms with Crippen molar-refractivity contribution in [3.8, 4) is 0 Å². The van der Waals surface area contributed by atoms with E-state index in [-0.39, 0.29) is 17.3 Å². The Labute approximate surface area is 244 Å². The van der Waals surface area contributed by atoms with Gasteiger partial charge in [0.2, 0.25) is 11.8 Å². The predicted molar refractivity (Wildman–Crippen MR) is 157 cm³/mol. The van der Waals surface area contributed by atoms with Gasteiger partial charge in [0, 0.05) is 28.2 Å². The Morgan fingerprint density at radius 1 is 0.923 bits per heavy atom. The Kier molecular flexibility index (Phi) is 10.3. The summed E-state index contributed by atoms with van der Waals surface area (Å²) in [7, 11) is -4.18. The van der Waals surface area contributed by atoms with E-state index in [0.717, 1.165) is 9.87 Å². The summed E-state index contributed by atoms with van der Waals surface area (Å²) in [6.07, 6.45) is 0. The van der Waals surface area contributed by atoms with Gasteiger partial charge in [-0.15, -0.1) is 0 Å². The van der Waals surface area contributed by atoms with Crippen LogP contribution in [0.25, 0.3) is 0 Å². The molecule has 1 unspecified atom stereocenters. The first kappa shape index (κ1) is 30.8. The molecule has 7 nitrogen and oxygen atoms in total. The van der Waals surface area contributed by atoms with E-state index in [1.807, 2.05) is 6.92 Å². The molecule has 3 aromatic carbocycles. The molecule has 208 valence electrons. The third-order valence-electron chi connectivity index (χ3n) is 6.19. The second kappa shape index (κ2) is 13.0. The fourth-order valence-corrected chi connectivity index (χ4v) is 6.16. The minimum Gasteiger partial charge on any atom is -0.355 e. The first-order valence-electron chi connectivity index (χ1n) is 12.2. The van der Waals surface area contributed by atoms with Crippen LogP contribution in [0.1, 0.15) is 30.5 Å². The van der Waals surface area contributed by atoms with E-state index >= 15 is 0 Å². The number of aryl methyl sites for hydroxylation is 2. The average molecular weight is 611 g/mol. The van der Waals surface area contributed by atoms with Crippen LogP contribution in [0, 0.1) is 13.8 Å². The number of hydrogen-bond acceptors (Lipinski definition) is 4. The standard InChI is InChI=1S/C28H30Cl3N3O4S/c1-5-32-28(36)20(4)33(16-21-8-9-23(30)15-25(21)31)27(35)17-34(26-13-10-22(29)14-19(26)3)39(37,38)24-11-6-18(2)7-12-24/h6-15,20H,5,16-17H2,1-4H3,(H,32,36). The number of nitrogens with one attached hydrogen (secondary N) is 1. The molecule has 0 spiro atoms. The van der Waals surface area contributed by atoms with Crippen molar-refractivity contribution in [1.82, 2.24) is 10.2 Å². The SMILES string of the molecule is CCNC(=O)C(C)N(Cc1ccc(Cl)cc1Cl)C(=O)CN(c1ccc(Cl)cc1C)S(=O)(=O)c1ccc(C)cc1. The number of benzene rings is 3. The number of hydrogen-bond donors (Lipinski definition) is 1. The number of rotatable bonds is 10. The van der Waals surface area contributed by atoms with Gasteiger partial charge in [0.15, 0.2) is 0 Å². The molecule has 1 atom stereocenters. The van der Waals surface area contributed by atoms with E-state index in [4.69, 9.17) is 34.8 Å². The number of likely N-dealkylation sites (N-methyl/N-ethyl adjacent to an activating group) is 1. The monoisotopic (exact) mass is 609 g/mol. The summed E-state index contributed by atoms with van der Waals surface area (Å²) in [5.41, 5.74) is 2.31. The van der Waals surface area contributed by atoms with Gasteiger partial charge in [0.25, 0.3) is 10.0 Å². The molecule has 0 radical (unpaired) electrons. The molecular formula is C28H30Cl3N3O4S. The van der Waals surface area contributed by atoms with E-state index in [9.17, 15) is 18.0 Å². The first-order chi connectivity index (χ1) is 18.3. The average Bonchev–Trinajstić information content (AvgIpc) is 2.87. The Bertz CT molecular complexity index is 1460. The maximum absolute atomic E-state index is 13.9. The number of carbonyl (C=O) groups excluding carboxylic acids is 2. The Hall–Kier alpha value is -2.78. The van der Waals surface area contributed by atoms with E-state index in [0.29, 0.717) is 38.4 Å². The minimum atomic E-state index is -4.18. The molecule has 0 aliphatic rings. The Balaban J connectivity index is 2.08. The highest BCUT2D eigenvalue weighted by Gasteiger charge is 2.33. The summed E-state index contributed by atoms with van der Waals surface area (Å²) >= 11 is 18.6. The maximum Gasteiger partial charge on any atom is 0.264 e. The van der Waals surface area contributed by atoms with Crippen molar-refractivity contribution >= 4 is 62.3 Å². The third-order valence-corrected chi connectivity index (χ3v) is 8.79. The highest BCUT2D eigenvalue weighted by molar-refractivity contribution is 7.92. The minimum absolute atomic E-state index is 0.0271. The van der Waals surface area contributed by atoms with Crippen molar-refractivity contribution in [2.75, 3.05) is 17.4 Å². The molecule has 0 fully saturated rings. The lowest BCUT2D eigenvalue weighted by Crippen LogP contribution is -2.51. The van der Waals surface area contributed by atoms with Crippen LogP contribution >= 0.6 is 34.8 Å². The van der Waals surface area contributed by atoms with Crippen LogP contribution in [-0.2, 0) is 26.2 Å². The second-order valence-electron chi connectivity index (χ2n) is 9.08. The van der Waals surface area contributed by atoms with Crippen LogP contribution in [-0.4, -0.2) is 44.3 Å². The smallest absolute Gasteiger partial charge is 0.264 e. The highest BCUT2D eigenvalue weighted by Crippen LogP contribution is 2.30. The number of halogens is 3. The van der Waals surface area contributed by atoms with E-state index in [1.54, 1.807) is 69.3 Å². The largest absolute Gasteiger partial charge is 0.355 e. The van der Waals surface area contributed by atoms with Crippen molar-refractivity contribution in [1.29, 1.82) is 0 Å². The topological polar surface area (TPSA) is 86.8 Å². The summed E-state index contributed by atoms with van der Waals surface area (Å²) in [6, 6.07) is 15.0. The van der Waals surface area contributed by atoms with Crippen LogP contribution in [0.5, 0.6) is 0 Å². The Morgan fingerprint density at radius 3 is 2.13 bits per heavy atom. The third kappa shape index (κ3) is 7.45. The van der Waals surface area contributed by atoms with Crippen molar-refractivity contribution in [2.24, 2.45) is 0 Å². The molecule has 0 saturated carbocycles. The molecule has 0 aliphatic heterocycles. The van der Waals surface area contributed by atoms with Crippen LogP contribution in [0.2, 0.25) is 15.1 Å². The van der Waals surface area contributed by atoms with Crippen molar-refractivity contribution in [2.45, 2.75) is 45.2 Å². The summed E-state index contributed by atoms with van der Waals surface area (Å²) in [5, 5.41) is 3.89. The fraction of sp³-hybridized carbons (Fsp3) is 0.286. The zero-order chi connectivity index (χ0) is 28.9. The van der Waals surface area contributed by atoms with Gasteiger partial charge < -0.3 is 10.2 Å². The number of sulfonamides is 1. The normalized spacial score (nSPS) is 12.1. The molecule has 2 amide bonds. The number of carbonyl (C=O) groups is 2. The molecule has 0 aliphatic carbocycles. The maximum atomic E-state index is 13.9. The molecule has 0 saturated heterocycles. The van der Waals surface area contributed by atoms with Crippen molar-refractivity contribution < 1.29 is 18.0 Å². The first-order valence-corrected chi connectivity index (χ1v) is 14.8. The fourth-order valence-electron chi connectivity index (χ4n) is 3.99. The van der Waals surface area contributed by atoms with Crippen LogP contribution in [0.4, 0.5) is 5.69 Å². The summed E-state index contributed by atoms with van der Waals surface area (Å²) in [4.78, 5) is 28.1. The quantitative estimate of drug-likeness (QED) is 0.305. The van der Waals surface area contributed by atoms with Crippen LogP contribution in [0.3, 0.4) is 0 Å². The van der Waals surface area contributed by atoms with Gasteiger partial charge in [-0.1, -0.05) is 58.6 Å². The molecule has 0 bridgehead atoms. The number of nitrogens with zero attached hydrogens (tertiary/aromatic N) is 2. The van der Waals surface area contributed by atoms with E-state index in [2.05, 4.69) is 5.32 Å². The number of anilines is 1.